The number of nitrogens with two attached hydrogens (primary N) is 1. The molecule has 0 unspecified atom stereocenters. The third-order valence-electron chi connectivity index (χ3n) is 2.48. The first kappa shape index (κ1) is 16.6. The number of halogens is 2. The fourth-order valence-electron chi connectivity index (χ4n) is 1.48. The minimum Gasteiger partial charge on any atom is -0.369 e. The van der Waals surface area contributed by atoms with Gasteiger partial charge in [0.2, 0.25) is 5.96 Å². The van der Waals surface area contributed by atoms with E-state index in [1.165, 1.54) is 0 Å². The maximum atomic E-state index is 11.5. The van der Waals surface area contributed by atoms with Crippen LogP contribution in [0.2, 0.25) is 10.0 Å². The van der Waals surface area contributed by atoms with Crippen LogP contribution in [0.25, 0.3) is 0 Å². The molecule has 20 heavy (non-hydrogen) atoms. The monoisotopic (exact) mass is 316 g/mol. The summed E-state index contributed by atoms with van der Waals surface area (Å²) in [5, 5.41) is 5.84. The topological polar surface area (TPSA) is 79.5 Å². The van der Waals surface area contributed by atoms with E-state index < -0.39 is 6.03 Å². The molecule has 0 saturated heterocycles. The lowest BCUT2D eigenvalue weighted by Crippen LogP contribution is -2.43. The Kier molecular flexibility index (Phi) is 7.18. The minimum atomic E-state index is -0.398. The zero-order valence-electron chi connectivity index (χ0n) is 11.2. The summed E-state index contributed by atoms with van der Waals surface area (Å²) in [4.78, 5) is 15.5. The van der Waals surface area contributed by atoms with Crippen molar-refractivity contribution in [3.8, 4) is 0 Å². The van der Waals surface area contributed by atoms with E-state index in [-0.39, 0.29) is 5.96 Å². The fourth-order valence-corrected chi connectivity index (χ4v) is 1.96. The Balaban J connectivity index is 2.55. The Morgan fingerprint density at radius 3 is 2.55 bits per heavy atom. The number of amides is 2. The van der Waals surface area contributed by atoms with Crippen LogP contribution in [0.1, 0.15) is 26.2 Å². The van der Waals surface area contributed by atoms with Gasteiger partial charge in [-0.1, -0.05) is 49.0 Å². The van der Waals surface area contributed by atoms with Crippen LogP contribution in [0.5, 0.6) is 0 Å². The minimum absolute atomic E-state index is 0.0620. The van der Waals surface area contributed by atoms with Crippen molar-refractivity contribution in [2.75, 3.05) is 6.54 Å². The highest BCUT2D eigenvalue weighted by atomic mass is 35.5. The molecule has 110 valence electrons. The second-order valence-electron chi connectivity index (χ2n) is 4.16. The molecule has 0 atom stereocenters. The van der Waals surface area contributed by atoms with Gasteiger partial charge in [-0.15, -0.1) is 0 Å². The molecule has 0 aromatic heterocycles. The maximum Gasteiger partial charge on any atom is 0.321 e. The number of benzene rings is 1. The maximum absolute atomic E-state index is 11.5. The number of aliphatic imine (C=N–C) groups is 1. The molecule has 0 aliphatic carbocycles. The van der Waals surface area contributed by atoms with Gasteiger partial charge in [-0.2, -0.15) is 0 Å². The number of urea groups is 1. The van der Waals surface area contributed by atoms with Crippen LogP contribution >= 0.6 is 23.2 Å². The molecule has 0 bridgehead atoms. The van der Waals surface area contributed by atoms with Crippen LogP contribution in [0.4, 0.5) is 10.5 Å². The van der Waals surface area contributed by atoms with Gasteiger partial charge in [0, 0.05) is 6.54 Å². The Morgan fingerprint density at radius 2 is 1.95 bits per heavy atom. The molecule has 0 fully saturated rings. The lowest BCUT2D eigenvalue weighted by atomic mass is 10.2. The third-order valence-corrected chi connectivity index (χ3v) is 3.09. The van der Waals surface area contributed by atoms with Crippen LogP contribution < -0.4 is 16.4 Å². The summed E-state index contributed by atoms with van der Waals surface area (Å²) < 4.78 is 0. The van der Waals surface area contributed by atoms with Crippen LogP contribution in [0.15, 0.2) is 23.2 Å². The first-order valence-electron chi connectivity index (χ1n) is 6.37. The Morgan fingerprint density at radius 1 is 1.30 bits per heavy atom. The van der Waals surface area contributed by atoms with Gasteiger partial charge in [0.1, 0.15) is 5.69 Å². The summed E-state index contributed by atoms with van der Waals surface area (Å²) in [5.74, 6) is -0.0620. The number of hydrogen-bond donors (Lipinski definition) is 3. The summed E-state index contributed by atoms with van der Waals surface area (Å²) in [6.07, 6.45) is 3.09. The molecule has 0 aliphatic heterocycles. The number of carbonyl (C=O) groups is 1. The quantitative estimate of drug-likeness (QED) is 0.442. The highest BCUT2D eigenvalue weighted by Gasteiger charge is 2.06. The SMILES string of the molecule is CCCCCNC(=O)NC(N)=Nc1c(Cl)cccc1Cl. The number of nitrogens with zero attached hydrogens (tertiary/aromatic N) is 1. The highest BCUT2D eigenvalue weighted by Crippen LogP contribution is 2.32. The van der Waals surface area contributed by atoms with E-state index in [9.17, 15) is 4.79 Å². The van der Waals surface area contributed by atoms with Crippen molar-refractivity contribution in [3.63, 3.8) is 0 Å². The van der Waals surface area contributed by atoms with Gasteiger partial charge >= 0.3 is 6.03 Å². The van der Waals surface area contributed by atoms with Gasteiger partial charge in [-0.25, -0.2) is 9.79 Å². The van der Waals surface area contributed by atoms with E-state index in [0.717, 1.165) is 19.3 Å². The van der Waals surface area contributed by atoms with E-state index in [0.29, 0.717) is 22.3 Å². The van der Waals surface area contributed by atoms with E-state index in [4.69, 9.17) is 28.9 Å². The third kappa shape index (κ3) is 5.67. The second kappa shape index (κ2) is 8.66. The second-order valence-corrected chi connectivity index (χ2v) is 4.97. The molecule has 5 nitrogen and oxygen atoms in total. The van der Waals surface area contributed by atoms with Crippen molar-refractivity contribution in [1.82, 2.24) is 10.6 Å². The van der Waals surface area contributed by atoms with Gasteiger partial charge in [0.05, 0.1) is 10.0 Å². The normalized spacial score (nSPS) is 11.2. The van der Waals surface area contributed by atoms with Crippen LogP contribution in [-0.2, 0) is 0 Å². The molecule has 7 heteroatoms. The molecule has 1 rings (SSSR count). The number of rotatable bonds is 5. The van der Waals surface area contributed by atoms with Crippen molar-refractivity contribution >= 4 is 40.9 Å². The van der Waals surface area contributed by atoms with Gasteiger partial charge < -0.3 is 11.1 Å². The average molecular weight is 317 g/mol. The van der Waals surface area contributed by atoms with Crippen molar-refractivity contribution in [2.45, 2.75) is 26.2 Å². The first-order chi connectivity index (χ1) is 9.54. The summed E-state index contributed by atoms with van der Waals surface area (Å²) in [7, 11) is 0. The van der Waals surface area contributed by atoms with Crippen molar-refractivity contribution in [1.29, 1.82) is 0 Å². The summed E-state index contributed by atoms with van der Waals surface area (Å²) in [5.41, 5.74) is 5.97. The Bertz CT molecular complexity index is 471. The van der Waals surface area contributed by atoms with E-state index in [1.54, 1.807) is 18.2 Å². The number of carbonyl (C=O) groups excluding carboxylic acids is 1. The number of nitrogens with one attached hydrogen (secondary N) is 2. The van der Waals surface area contributed by atoms with Gasteiger partial charge in [0.15, 0.2) is 0 Å². The first-order valence-corrected chi connectivity index (χ1v) is 7.13. The molecule has 1 aromatic carbocycles. The smallest absolute Gasteiger partial charge is 0.321 e. The van der Waals surface area contributed by atoms with E-state index in [2.05, 4.69) is 22.5 Å². The molecule has 0 aliphatic rings. The van der Waals surface area contributed by atoms with Crippen LogP contribution in [0.3, 0.4) is 0 Å². The van der Waals surface area contributed by atoms with Crippen LogP contribution in [0, 0.1) is 0 Å². The van der Waals surface area contributed by atoms with Gasteiger partial charge in [0.25, 0.3) is 0 Å². The summed E-state index contributed by atoms with van der Waals surface area (Å²) in [6.45, 7) is 2.69. The molecule has 0 spiro atoms. The summed E-state index contributed by atoms with van der Waals surface area (Å²) >= 11 is 11.9. The zero-order valence-corrected chi connectivity index (χ0v) is 12.8. The largest absolute Gasteiger partial charge is 0.369 e. The number of hydrogen-bond acceptors (Lipinski definition) is 2. The van der Waals surface area contributed by atoms with Gasteiger partial charge in [-0.3, -0.25) is 5.32 Å². The van der Waals surface area contributed by atoms with Crippen LogP contribution in [-0.4, -0.2) is 18.5 Å². The predicted octanol–water partition coefficient (Wildman–Crippen LogP) is 3.43. The molecule has 0 heterocycles. The average Bonchev–Trinajstić information content (AvgIpc) is 2.39. The fraction of sp³-hybridized carbons (Fsp3) is 0.385. The van der Waals surface area contributed by atoms with E-state index >= 15 is 0 Å². The lowest BCUT2D eigenvalue weighted by molar-refractivity contribution is 0.245. The molecular weight excluding hydrogens is 299 g/mol. The number of para-hydroxylation sites is 1. The molecule has 0 radical (unpaired) electrons. The molecule has 2 amide bonds. The summed E-state index contributed by atoms with van der Waals surface area (Å²) in [6, 6.07) is 4.59. The van der Waals surface area contributed by atoms with Crippen molar-refractivity contribution < 1.29 is 4.79 Å². The molecular formula is C13H18Cl2N4O. The standard InChI is InChI=1S/C13H18Cl2N4O/c1-2-3-4-8-17-13(20)19-12(16)18-11-9(14)6-5-7-10(11)15/h5-7H,2-4,8H2,1H3,(H4,16,17,18,19,20). The van der Waals surface area contributed by atoms with E-state index in [1.807, 2.05) is 0 Å². The molecule has 0 saturated carbocycles. The molecule has 1 aromatic rings. The highest BCUT2D eigenvalue weighted by molar-refractivity contribution is 6.38. The van der Waals surface area contributed by atoms with Crippen molar-refractivity contribution in [2.24, 2.45) is 10.7 Å². The molecule has 4 N–H and O–H groups in total. The van der Waals surface area contributed by atoms with Crippen molar-refractivity contribution in [3.05, 3.63) is 28.2 Å². The van der Waals surface area contributed by atoms with Gasteiger partial charge in [-0.05, 0) is 18.6 Å². The zero-order chi connectivity index (χ0) is 15.0. The predicted molar refractivity (Wildman–Crippen MR) is 83.8 cm³/mol. The Labute approximate surface area is 128 Å². The lowest BCUT2D eigenvalue weighted by Gasteiger charge is -2.07. The number of guanidine groups is 1. The Hall–Kier alpha value is -1.46. The number of unbranched alkanes of at least 4 members (excludes halogenated alkanes) is 2.